The molecule has 0 aliphatic rings. The van der Waals surface area contributed by atoms with Crippen LogP contribution in [-0.4, -0.2) is 6.54 Å². The molecule has 0 radical (unpaired) electrons. The molecule has 0 aliphatic carbocycles. The van der Waals surface area contributed by atoms with E-state index in [2.05, 4.69) is 51.2 Å². The van der Waals surface area contributed by atoms with E-state index in [1.165, 1.54) is 16.5 Å². The fraction of sp³-hybridized carbons (Fsp3) is 0.467. The molecule has 0 saturated heterocycles. The van der Waals surface area contributed by atoms with E-state index in [9.17, 15) is 0 Å². The fourth-order valence-corrected chi connectivity index (χ4v) is 2.11. The summed E-state index contributed by atoms with van der Waals surface area (Å²) in [6.45, 7) is 10.5. The van der Waals surface area contributed by atoms with Crippen molar-refractivity contribution in [3.05, 3.63) is 35.1 Å². The molecule has 0 fully saturated rings. The first-order valence-corrected chi connectivity index (χ1v) is 6.26. The van der Waals surface area contributed by atoms with E-state index in [1.807, 2.05) is 0 Å². The molecule has 0 unspecified atom stereocenters. The van der Waals surface area contributed by atoms with Gasteiger partial charge < -0.3 is 9.73 Å². The minimum atomic E-state index is 0.670. The van der Waals surface area contributed by atoms with Gasteiger partial charge in [-0.05, 0) is 49.6 Å². The summed E-state index contributed by atoms with van der Waals surface area (Å²) >= 11 is 0. The lowest BCUT2D eigenvalue weighted by Crippen LogP contribution is -2.18. The molecule has 2 rings (SSSR count). The molecular formula is C15H21NO. The van der Waals surface area contributed by atoms with E-state index in [-0.39, 0.29) is 0 Å². The van der Waals surface area contributed by atoms with Crippen molar-refractivity contribution in [1.29, 1.82) is 0 Å². The van der Waals surface area contributed by atoms with Gasteiger partial charge in [0.2, 0.25) is 0 Å². The molecule has 2 aromatic rings. The SMILES string of the molecule is Cc1cc(C)c2cc(CNCC(C)C)oc2c1. The summed E-state index contributed by atoms with van der Waals surface area (Å²) in [5.41, 5.74) is 3.55. The Morgan fingerprint density at radius 3 is 2.65 bits per heavy atom. The summed E-state index contributed by atoms with van der Waals surface area (Å²) in [6.07, 6.45) is 0. The predicted octanol–water partition coefficient (Wildman–Crippen LogP) is 3.80. The Morgan fingerprint density at radius 2 is 1.94 bits per heavy atom. The van der Waals surface area contributed by atoms with Crippen LogP contribution in [0.5, 0.6) is 0 Å². The highest BCUT2D eigenvalue weighted by atomic mass is 16.3. The Labute approximate surface area is 103 Å². The first kappa shape index (κ1) is 12.2. The first-order chi connectivity index (χ1) is 8.06. The molecule has 1 aromatic carbocycles. The predicted molar refractivity (Wildman–Crippen MR) is 72.2 cm³/mol. The lowest BCUT2D eigenvalue weighted by molar-refractivity contribution is 0.485. The minimum Gasteiger partial charge on any atom is -0.460 e. The van der Waals surface area contributed by atoms with E-state index >= 15 is 0 Å². The Kier molecular flexibility index (Phi) is 3.53. The van der Waals surface area contributed by atoms with Gasteiger partial charge in [-0.1, -0.05) is 19.9 Å². The Morgan fingerprint density at radius 1 is 1.18 bits per heavy atom. The van der Waals surface area contributed by atoms with Gasteiger partial charge in [0.15, 0.2) is 0 Å². The van der Waals surface area contributed by atoms with Crippen LogP contribution in [0.25, 0.3) is 11.0 Å². The van der Waals surface area contributed by atoms with Crippen LogP contribution in [0.1, 0.15) is 30.7 Å². The zero-order valence-corrected chi connectivity index (χ0v) is 11.1. The van der Waals surface area contributed by atoms with Crippen molar-refractivity contribution in [2.75, 3.05) is 6.54 Å². The fourth-order valence-electron chi connectivity index (χ4n) is 2.11. The summed E-state index contributed by atoms with van der Waals surface area (Å²) in [6, 6.07) is 6.45. The average Bonchev–Trinajstić information content (AvgIpc) is 2.60. The van der Waals surface area contributed by atoms with Crippen LogP contribution in [0.4, 0.5) is 0 Å². The largest absolute Gasteiger partial charge is 0.460 e. The molecule has 1 N–H and O–H groups in total. The van der Waals surface area contributed by atoms with E-state index in [0.717, 1.165) is 24.4 Å². The molecule has 0 spiro atoms. The maximum atomic E-state index is 5.85. The number of hydrogen-bond acceptors (Lipinski definition) is 2. The summed E-state index contributed by atoms with van der Waals surface area (Å²) in [5, 5.41) is 4.64. The van der Waals surface area contributed by atoms with Gasteiger partial charge in [-0.15, -0.1) is 0 Å². The normalized spacial score (nSPS) is 11.6. The second-order valence-corrected chi connectivity index (χ2v) is 5.23. The zero-order chi connectivity index (χ0) is 12.4. The van der Waals surface area contributed by atoms with E-state index in [4.69, 9.17) is 4.42 Å². The first-order valence-electron chi connectivity index (χ1n) is 6.26. The van der Waals surface area contributed by atoms with Gasteiger partial charge in [-0.3, -0.25) is 0 Å². The topological polar surface area (TPSA) is 25.2 Å². The van der Waals surface area contributed by atoms with Crippen LogP contribution >= 0.6 is 0 Å². The highest BCUT2D eigenvalue weighted by Gasteiger charge is 2.06. The van der Waals surface area contributed by atoms with Crippen molar-refractivity contribution in [3.8, 4) is 0 Å². The van der Waals surface area contributed by atoms with Crippen LogP contribution in [0.15, 0.2) is 22.6 Å². The molecule has 0 saturated carbocycles. The van der Waals surface area contributed by atoms with Crippen molar-refractivity contribution in [1.82, 2.24) is 5.32 Å². The van der Waals surface area contributed by atoms with Gasteiger partial charge in [0.05, 0.1) is 6.54 Å². The Bertz CT molecular complexity index is 511. The third kappa shape index (κ3) is 2.89. The van der Waals surface area contributed by atoms with E-state index < -0.39 is 0 Å². The lowest BCUT2D eigenvalue weighted by Gasteiger charge is -2.04. The molecule has 1 heterocycles. The number of furan rings is 1. The molecule has 1 aromatic heterocycles. The van der Waals surface area contributed by atoms with Gasteiger partial charge in [-0.25, -0.2) is 0 Å². The van der Waals surface area contributed by atoms with Crippen molar-refractivity contribution in [3.63, 3.8) is 0 Å². The molecule has 0 aliphatic heterocycles. The second kappa shape index (κ2) is 4.92. The minimum absolute atomic E-state index is 0.670. The summed E-state index contributed by atoms with van der Waals surface area (Å²) < 4.78 is 5.85. The highest BCUT2D eigenvalue weighted by Crippen LogP contribution is 2.24. The Hall–Kier alpha value is -1.28. The van der Waals surface area contributed by atoms with Gasteiger partial charge >= 0.3 is 0 Å². The quantitative estimate of drug-likeness (QED) is 0.866. The van der Waals surface area contributed by atoms with Crippen molar-refractivity contribution < 1.29 is 4.42 Å². The molecule has 0 bridgehead atoms. The molecule has 0 amide bonds. The molecule has 17 heavy (non-hydrogen) atoms. The van der Waals surface area contributed by atoms with Gasteiger partial charge in [0.25, 0.3) is 0 Å². The smallest absolute Gasteiger partial charge is 0.134 e. The number of fused-ring (bicyclic) bond motifs is 1. The van der Waals surface area contributed by atoms with Crippen molar-refractivity contribution in [2.45, 2.75) is 34.2 Å². The van der Waals surface area contributed by atoms with Crippen LogP contribution in [0.3, 0.4) is 0 Å². The third-order valence-electron chi connectivity index (χ3n) is 2.89. The zero-order valence-electron chi connectivity index (χ0n) is 11.1. The van der Waals surface area contributed by atoms with Crippen molar-refractivity contribution >= 4 is 11.0 Å². The van der Waals surface area contributed by atoms with Gasteiger partial charge in [0.1, 0.15) is 11.3 Å². The maximum Gasteiger partial charge on any atom is 0.134 e. The molecule has 2 nitrogen and oxygen atoms in total. The number of benzene rings is 1. The number of nitrogens with one attached hydrogen (secondary N) is 1. The summed E-state index contributed by atoms with van der Waals surface area (Å²) in [4.78, 5) is 0. The standard InChI is InChI=1S/C15H21NO/c1-10(2)8-16-9-13-7-14-12(4)5-11(3)6-15(14)17-13/h5-7,10,16H,8-9H2,1-4H3. The van der Waals surface area contributed by atoms with Crippen LogP contribution < -0.4 is 5.32 Å². The van der Waals surface area contributed by atoms with E-state index in [1.54, 1.807) is 0 Å². The maximum absolute atomic E-state index is 5.85. The summed E-state index contributed by atoms with van der Waals surface area (Å²) in [5.74, 6) is 1.69. The average molecular weight is 231 g/mol. The lowest BCUT2D eigenvalue weighted by atomic mass is 10.1. The van der Waals surface area contributed by atoms with Crippen molar-refractivity contribution in [2.24, 2.45) is 5.92 Å². The number of rotatable bonds is 4. The number of hydrogen-bond donors (Lipinski definition) is 1. The molecule has 92 valence electrons. The van der Waals surface area contributed by atoms with Crippen LogP contribution in [-0.2, 0) is 6.54 Å². The van der Waals surface area contributed by atoms with Gasteiger partial charge in [0, 0.05) is 5.39 Å². The molecule has 0 atom stereocenters. The highest BCUT2D eigenvalue weighted by molar-refractivity contribution is 5.82. The van der Waals surface area contributed by atoms with Crippen LogP contribution in [0, 0.1) is 19.8 Å². The Balaban J connectivity index is 2.17. The molecular weight excluding hydrogens is 210 g/mol. The third-order valence-corrected chi connectivity index (χ3v) is 2.89. The monoisotopic (exact) mass is 231 g/mol. The van der Waals surface area contributed by atoms with Gasteiger partial charge in [-0.2, -0.15) is 0 Å². The second-order valence-electron chi connectivity index (χ2n) is 5.23. The number of aryl methyl sites for hydroxylation is 2. The summed E-state index contributed by atoms with van der Waals surface area (Å²) in [7, 11) is 0. The van der Waals surface area contributed by atoms with E-state index in [0.29, 0.717) is 5.92 Å². The van der Waals surface area contributed by atoms with Crippen LogP contribution in [0.2, 0.25) is 0 Å². The molecule has 2 heteroatoms.